The molecule has 2 atom stereocenters. The maximum absolute atomic E-state index is 9.92. The lowest BCUT2D eigenvalue weighted by atomic mass is 9.95. The van der Waals surface area contributed by atoms with Crippen LogP contribution < -0.4 is 10.6 Å². The molecule has 1 saturated heterocycles. The fourth-order valence-corrected chi connectivity index (χ4v) is 3.03. The van der Waals surface area contributed by atoms with Crippen LogP contribution in [-0.2, 0) is 6.54 Å². The Morgan fingerprint density at radius 2 is 2.20 bits per heavy atom. The molecule has 0 amide bonds. The van der Waals surface area contributed by atoms with Crippen LogP contribution >= 0.6 is 0 Å². The van der Waals surface area contributed by atoms with E-state index in [-0.39, 0.29) is 12.0 Å². The summed E-state index contributed by atoms with van der Waals surface area (Å²) in [5, 5.41) is 11.1. The van der Waals surface area contributed by atoms with E-state index >= 15 is 0 Å². The quantitative estimate of drug-likeness (QED) is 0.875. The number of piperidine rings is 1. The second-order valence-corrected chi connectivity index (χ2v) is 5.63. The van der Waals surface area contributed by atoms with Crippen LogP contribution in [0, 0.1) is 5.92 Å². The third kappa shape index (κ3) is 2.25. The molecule has 0 bridgehead atoms. The Morgan fingerprint density at radius 3 is 2.95 bits per heavy atom. The summed E-state index contributed by atoms with van der Waals surface area (Å²) in [4.78, 5) is 6.84. The monoisotopic (exact) mass is 271 g/mol. The number of para-hydroxylation sites is 1. The minimum absolute atomic E-state index is 0.194. The van der Waals surface area contributed by atoms with E-state index in [0.717, 1.165) is 36.0 Å². The standard InChI is InChI=1S/C16H21N3O/c1-11-10-19(7-6-15(11)20)16-12(8-17)9-18-14-5-3-2-4-13(14)16/h2-5,9,11,15,20H,6-8,10,17H2,1H3. The van der Waals surface area contributed by atoms with Gasteiger partial charge in [-0.25, -0.2) is 0 Å². The molecule has 0 spiro atoms. The first-order valence-corrected chi connectivity index (χ1v) is 7.20. The number of aromatic nitrogens is 1. The number of hydrogen-bond donors (Lipinski definition) is 2. The molecule has 0 aliphatic carbocycles. The summed E-state index contributed by atoms with van der Waals surface area (Å²) in [6.45, 7) is 4.32. The summed E-state index contributed by atoms with van der Waals surface area (Å²) >= 11 is 0. The van der Waals surface area contributed by atoms with E-state index in [9.17, 15) is 5.11 Å². The predicted molar refractivity (Wildman–Crippen MR) is 81.6 cm³/mol. The Hall–Kier alpha value is -1.65. The van der Waals surface area contributed by atoms with Gasteiger partial charge in [0.05, 0.1) is 17.3 Å². The molecule has 3 N–H and O–H groups in total. The molecule has 1 aromatic heterocycles. The molecule has 2 aromatic rings. The number of pyridine rings is 1. The third-order valence-corrected chi connectivity index (χ3v) is 4.22. The Labute approximate surface area is 119 Å². The van der Waals surface area contributed by atoms with E-state index in [1.807, 2.05) is 24.4 Å². The summed E-state index contributed by atoms with van der Waals surface area (Å²) in [6, 6.07) is 8.17. The number of nitrogens with two attached hydrogens (primary N) is 1. The van der Waals surface area contributed by atoms with Crippen molar-refractivity contribution in [3.05, 3.63) is 36.0 Å². The van der Waals surface area contributed by atoms with Gasteiger partial charge in [-0.05, 0) is 18.4 Å². The topological polar surface area (TPSA) is 62.4 Å². The van der Waals surface area contributed by atoms with Crippen LogP contribution in [0.4, 0.5) is 5.69 Å². The SMILES string of the molecule is CC1CN(c2c(CN)cnc3ccccc23)CCC1O. The minimum atomic E-state index is -0.194. The fourth-order valence-electron chi connectivity index (χ4n) is 3.03. The highest BCUT2D eigenvalue weighted by Gasteiger charge is 2.26. The van der Waals surface area contributed by atoms with Crippen molar-refractivity contribution in [1.82, 2.24) is 4.98 Å². The van der Waals surface area contributed by atoms with Crippen LogP contribution in [0.3, 0.4) is 0 Å². The molecule has 3 rings (SSSR count). The van der Waals surface area contributed by atoms with Crippen molar-refractivity contribution in [3.63, 3.8) is 0 Å². The van der Waals surface area contributed by atoms with E-state index in [4.69, 9.17) is 5.73 Å². The van der Waals surface area contributed by atoms with Gasteiger partial charge in [-0.3, -0.25) is 4.98 Å². The summed E-state index contributed by atoms with van der Waals surface area (Å²) in [5.74, 6) is 0.279. The zero-order valence-corrected chi connectivity index (χ0v) is 11.8. The number of benzene rings is 1. The number of hydrogen-bond acceptors (Lipinski definition) is 4. The second kappa shape index (κ2) is 5.38. The van der Waals surface area contributed by atoms with Gasteiger partial charge in [0.15, 0.2) is 0 Å². The van der Waals surface area contributed by atoms with E-state index in [0.29, 0.717) is 6.54 Å². The number of nitrogens with zero attached hydrogens (tertiary/aromatic N) is 2. The van der Waals surface area contributed by atoms with Gasteiger partial charge in [0.1, 0.15) is 0 Å². The number of fused-ring (bicyclic) bond motifs is 1. The highest BCUT2D eigenvalue weighted by Crippen LogP contribution is 2.32. The Kier molecular flexibility index (Phi) is 3.59. The molecular formula is C16H21N3O. The lowest BCUT2D eigenvalue weighted by molar-refractivity contribution is 0.0971. The van der Waals surface area contributed by atoms with Gasteiger partial charge in [0.25, 0.3) is 0 Å². The van der Waals surface area contributed by atoms with Crippen LogP contribution in [-0.4, -0.2) is 29.3 Å². The number of aliphatic hydroxyl groups excluding tert-OH is 1. The summed E-state index contributed by atoms with van der Waals surface area (Å²) in [5.41, 5.74) is 9.16. The lowest BCUT2D eigenvalue weighted by Gasteiger charge is -2.37. The highest BCUT2D eigenvalue weighted by atomic mass is 16.3. The zero-order valence-electron chi connectivity index (χ0n) is 11.8. The van der Waals surface area contributed by atoms with Crippen molar-refractivity contribution < 1.29 is 5.11 Å². The minimum Gasteiger partial charge on any atom is -0.393 e. The van der Waals surface area contributed by atoms with Gasteiger partial charge in [-0.15, -0.1) is 0 Å². The fraction of sp³-hybridized carbons (Fsp3) is 0.438. The molecule has 4 nitrogen and oxygen atoms in total. The second-order valence-electron chi connectivity index (χ2n) is 5.63. The van der Waals surface area contributed by atoms with Gasteiger partial charge in [-0.1, -0.05) is 25.1 Å². The first kappa shape index (κ1) is 13.3. The summed E-state index contributed by atoms with van der Waals surface area (Å²) in [7, 11) is 0. The normalized spacial score (nSPS) is 23.2. The Balaban J connectivity index is 2.09. The number of aliphatic hydroxyl groups is 1. The molecule has 1 aliphatic rings. The van der Waals surface area contributed by atoms with E-state index in [1.165, 1.54) is 5.69 Å². The first-order chi connectivity index (χ1) is 9.70. The molecule has 2 unspecified atom stereocenters. The van der Waals surface area contributed by atoms with E-state index in [2.05, 4.69) is 22.9 Å². The predicted octanol–water partition coefficient (Wildman–Crippen LogP) is 1.90. The van der Waals surface area contributed by atoms with Gasteiger partial charge < -0.3 is 15.7 Å². The maximum Gasteiger partial charge on any atom is 0.0723 e. The Bertz CT molecular complexity index is 614. The molecule has 1 aromatic carbocycles. The third-order valence-electron chi connectivity index (χ3n) is 4.22. The Morgan fingerprint density at radius 1 is 1.40 bits per heavy atom. The molecular weight excluding hydrogens is 250 g/mol. The lowest BCUT2D eigenvalue weighted by Crippen LogP contribution is -2.42. The van der Waals surface area contributed by atoms with Gasteiger partial charge >= 0.3 is 0 Å². The maximum atomic E-state index is 9.92. The largest absolute Gasteiger partial charge is 0.393 e. The molecule has 0 radical (unpaired) electrons. The van der Waals surface area contributed by atoms with Crippen molar-refractivity contribution in [1.29, 1.82) is 0 Å². The van der Waals surface area contributed by atoms with Crippen LogP contribution in [0.1, 0.15) is 18.9 Å². The van der Waals surface area contributed by atoms with Crippen molar-refractivity contribution >= 4 is 16.6 Å². The van der Waals surface area contributed by atoms with Crippen molar-refractivity contribution in [2.45, 2.75) is 26.0 Å². The van der Waals surface area contributed by atoms with Crippen molar-refractivity contribution in [2.24, 2.45) is 11.7 Å². The van der Waals surface area contributed by atoms with Gasteiger partial charge in [0.2, 0.25) is 0 Å². The van der Waals surface area contributed by atoms with Crippen LogP contribution in [0.5, 0.6) is 0 Å². The van der Waals surface area contributed by atoms with E-state index in [1.54, 1.807) is 0 Å². The van der Waals surface area contributed by atoms with Gasteiger partial charge in [0, 0.05) is 36.8 Å². The number of rotatable bonds is 2. The number of anilines is 1. The average Bonchev–Trinajstić information content (AvgIpc) is 2.49. The van der Waals surface area contributed by atoms with Crippen LogP contribution in [0.15, 0.2) is 30.5 Å². The molecule has 2 heterocycles. The average molecular weight is 271 g/mol. The molecule has 1 fully saturated rings. The molecule has 1 aliphatic heterocycles. The van der Waals surface area contributed by atoms with Crippen molar-refractivity contribution in [3.8, 4) is 0 Å². The van der Waals surface area contributed by atoms with E-state index < -0.39 is 0 Å². The van der Waals surface area contributed by atoms with Crippen LogP contribution in [0.2, 0.25) is 0 Å². The van der Waals surface area contributed by atoms with Gasteiger partial charge in [-0.2, -0.15) is 0 Å². The molecule has 20 heavy (non-hydrogen) atoms. The smallest absolute Gasteiger partial charge is 0.0723 e. The van der Waals surface area contributed by atoms with Crippen LogP contribution in [0.25, 0.3) is 10.9 Å². The zero-order chi connectivity index (χ0) is 14.1. The summed E-state index contributed by atoms with van der Waals surface area (Å²) in [6.07, 6.45) is 2.50. The molecule has 4 heteroatoms. The highest BCUT2D eigenvalue weighted by molar-refractivity contribution is 5.93. The summed E-state index contributed by atoms with van der Waals surface area (Å²) < 4.78 is 0. The molecule has 106 valence electrons. The molecule has 0 saturated carbocycles. The van der Waals surface area contributed by atoms with Crippen molar-refractivity contribution in [2.75, 3.05) is 18.0 Å². The first-order valence-electron chi connectivity index (χ1n) is 7.20.